The fraction of sp³-hybridized carbons (Fsp3) is 0.400. The van der Waals surface area contributed by atoms with Crippen molar-refractivity contribution < 1.29 is 14.3 Å². The Labute approximate surface area is 98.8 Å². The van der Waals surface area contributed by atoms with Crippen molar-refractivity contribution in [3.8, 4) is 5.88 Å². The van der Waals surface area contributed by atoms with Crippen LogP contribution in [0.25, 0.3) is 0 Å². The minimum Gasteiger partial charge on any atom is -0.391 e. The van der Waals surface area contributed by atoms with Gasteiger partial charge in [-0.05, 0) is 6.92 Å². The number of carbonyl (C=O) groups is 2. The smallest absolute Gasteiger partial charge is 0.391 e. The Balaban J connectivity index is 2.89. The summed E-state index contributed by atoms with van der Waals surface area (Å²) in [7, 11) is 3.12. The number of rotatable bonds is 2. The molecule has 7 nitrogen and oxygen atoms in total. The number of hydrogen-bond acceptors (Lipinski definition) is 5. The molecule has 0 radical (unpaired) electrons. The first-order valence-corrected chi connectivity index (χ1v) is 4.91. The van der Waals surface area contributed by atoms with Crippen molar-refractivity contribution in [2.75, 3.05) is 19.4 Å². The molecule has 2 amide bonds. The summed E-state index contributed by atoms with van der Waals surface area (Å²) in [5.41, 5.74) is 0.588. The van der Waals surface area contributed by atoms with Crippen LogP contribution in [0, 0.1) is 6.92 Å². The lowest BCUT2D eigenvalue weighted by molar-refractivity contribution is -0.114. The largest absolute Gasteiger partial charge is 0.416 e. The predicted molar refractivity (Wildman–Crippen MR) is 60.8 cm³/mol. The lowest BCUT2D eigenvalue weighted by Gasteiger charge is -2.11. The number of hydrogen-bond donors (Lipinski definition) is 1. The van der Waals surface area contributed by atoms with Gasteiger partial charge in [0.2, 0.25) is 17.7 Å². The summed E-state index contributed by atoms with van der Waals surface area (Å²) in [6.07, 6.45) is -0.545. The number of ether oxygens (including phenoxy) is 1. The summed E-state index contributed by atoms with van der Waals surface area (Å²) in [5, 5.41) is 2.42. The lowest BCUT2D eigenvalue weighted by Crippen LogP contribution is -2.26. The van der Waals surface area contributed by atoms with Gasteiger partial charge in [-0.3, -0.25) is 10.1 Å². The number of aromatic nitrogens is 2. The molecule has 0 spiro atoms. The Morgan fingerprint density at radius 1 is 1.35 bits per heavy atom. The van der Waals surface area contributed by atoms with E-state index in [1.165, 1.54) is 17.9 Å². The molecular weight excluding hydrogens is 224 g/mol. The highest BCUT2D eigenvalue weighted by Gasteiger charge is 2.10. The number of aryl methyl sites for hydroxylation is 1. The normalized spacial score (nSPS) is 9.65. The van der Waals surface area contributed by atoms with Gasteiger partial charge in [-0.2, -0.15) is 4.98 Å². The van der Waals surface area contributed by atoms with Gasteiger partial charge in [0.25, 0.3) is 0 Å². The standard InChI is InChI=1S/C10H14N4O3/c1-6-5-8(17-10(16)14(3)4)13-9(11-6)12-7(2)15/h5H,1-4H3,(H,11,12,13,15). The Hall–Kier alpha value is -2.18. The average molecular weight is 238 g/mol. The molecule has 1 N–H and O–H groups in total. The van der Waals surface area contributed by atoms with Gasteiger partial charge in [0, 0.05) is 32.8 Å². The second-order valence-electron chi connectivity index (χ2n) is 3.61. The van der Waals surface area contributed by atoms with Crippen LogP contribution in [-0.4, -0.2) is 41.0 Å². The van der Waals surface area contributed by atoms with E-state index in [0.717, 1.165) is 0 Å². The molecule has 0 aliphatic rings. The van der Waals surface area contributed by atoms with Crippen molar-refractivity contribution in [2.45, 2.75) is 13.8 Å². The van der Waals surface area contributed by atoms with E-state index in [9.17, 15) is 9.59 Å². The first-order valence-electron chi connectivity index (χ1n) is 4.91. The molecule has 1 heterocycles. The van der Waals surface area contributed by atoms with Crippen molar-refractivity contribution in [1.82, 2.24) is 14.9 Å². The maximum absolute atomic E-state index is 11.3. The third-order valence-corrected chi connectivity index (χ3v) is 1.68. The highest BCUT2D eigenvalue weighted by Crippen LogP contribution is 2.12. The molecule has 1 aromatic rings. The first kappa shape index (κ1) is 12.9. The molecule has 0 saturated heterocycles. The van der Waals surface area contributed by atoms with Crippen molar-refractivity contribution in [2.24, 2.45) is 0 Å². The zero-order valence-corrected chi connectivity index (χ0v) is 10.1. The molecule has 0 aromatic carbocycles. The maximum Gasteiger partial charge on any atom is 0.416 e. The zero-order valence-electron chi connectivity index (χ0n) is 10.1. The molecule has 1 aromatic heterocycles. The van der Waals surface area contributed by atoms with E-state index in [1.807, 2.05) is 0 Å². The Bertz CT molecular complexity index is 445. The van der Waals surface area contributed by atoms with Crippen molar-refractivity contribution in [3.05, 3.63) is 11.8 Å². The van der Waals surface area contributed by atoms with Gasteiger partial charge in [0.15, 0.2) is 0 Å². The zero-order chi connectivity index (χ0) is 13.0. The average Bonchev–Trinajstić information content (AvgIpc) is 2.14. The Morgan fingerprint density at radius 3 is 2.53 bits per heavy atom. The quantitative estimate of drug-likeness (QED) is 0.823. The van der Waals surface area contributed by atoms with Crippen LogP contribution in [0.4, 0.5) is 10.7 Å². The van der Waals surface area contributed by atoms with Gasteiger partial charge in [-0.1, -0.05) is 0 Å². The topological polar surface area (TPSA) is 84.4 Å². The molecule has 0 atom stereocenters. The van der Waals surface area contributed by atoms with Crippen molar-refractivity contribution in [3.63, 3.8) is 0 Å². The second-order valence-corrected chi connectivity index (χ2v) is 3.61. The first-order chi connectivity index (χ1) is 7.88. The molecule has 0 saturated carbocycles. The molecule has 92 valence electrons. The predicted octanol–water partition coefficient (Wildman–Crippen LogP) is 0.804. The van der Waals surface area contributed by atoms with Crippen LogP contribution in [0.3, 0.4) is 0 Å². The van der Waals surface area contributed by atoms with Crippen LogP contribution < -0.4 is 10.1 Å². The van der Waals surface area contributed by atoms with E-state index in [1.54, 1.807) is 21.0 Å². The lowest BCUT2D eigenvalue weighted by atomic mass is 10.4. The molecule has 17 heavy (non-hydrogen) atoms. The SMILES string of the molecule is CC(=O)Nc1nc(C)cc(OC(=O)N(C)C)n1. The molecule has 7 heteroatoms. The molecular formula is C10H14N4O3. The van der Waals surface area contributed by atoms with Crippen molar-refractivity contribution in [1.29, 1.82) is 0 Å². The van der Waals surface area contributed by atoms with Gasteiger partial charge in [-0.15, -0.1) is 0 Å². The fourth-order valence-electron chi connectivity index (χ4n) is 0.986. The van der Waals surface area contributed by atoms with Gasteiger partial charge in [0.1, 0.15) is 0 Å². The molecule has 1 rings (SSSR count). The Morgan fingerprint density at radius 2 is 2.00 bits per heavy atom. The minimum atomic E-state index is -0.545. The van der Waals surface area contributed by atoms with Crippen LogP contribution in [0.2, 0.25) is 0 Å². The van der Waals surface area contributed by atoms with E-state index < -0.39 is 6.09 Å². The van der Waals surface area contributed by atoms with E-state index in [-0.39, 0.29) is 17.7 Å². The fourth-order valence-corrected chi connectivity index (χ4v) is 0.986. The summed E-state index contributed by atoms with van der Waals surface area (Å²) >= 11 is 0. The number of anilines is 1. The highest BCUT2D eigenvalue weighted by molar-refractivity contribution is 5.86. The van der Waals surface area contributed by atoms with Crippen LogP contribution in [0.5, 0.6) is 5.88 Å². The summed E-state index contributed by atoms with van der Waals surface area (Å²) < 4.78 is 4.96. The van der Waals surface area contributed by atoms with E-state index >= 15 is 0 Å². The maximum atomic E-state index is 11.3. The van der Waals surface area contributed by atoms with Crippen LogP contribution in [0.15, 0.2) is 6.07 Å². The van der Waals surface area contributed by atoms with Crippen LogP contribution in [-0.2, 0) is 4.79 Å². The monoisotopic (exact) mass is 238 g/mol. The number of nitrogens with zero attached hydrogens (tertiary/aromatic N) is 3. The van der Waals surface area contributed by atoms with Crippen LogP contribution >= 0.6 is 0 Å². The number of carbonyl (C=O) groups excluding carboxylic acids is 2. The second kappa shape index (κ2) is 5.24. The summed E-state index contributed by atoms with van der Waals surface area (Å²) in [5.74, 6) is -0.0838. The summed E-state index contributed by atoms with van der Waals surface area (Å²) in [4.78, 5) is 31.3. The number of nitrogens with one attached hydrogen (secondary N) is 1. The van der Waals surface area contributed by atoms with Gasteiger partial charge < -0.3 is 9.64 Å². The summed E-state index contributed by atoms with van der Waals surface area (Å²) in [6, 6.07) is 1.51. The van der Waals surface area contributed by atoms with Gasteiger partial charge >= 0.3 is 6.09 Å². The van der Waals surface area contributed by atoms with Gasteiger partial charge in [0.05, 0.1) is 0 Å². The van der Waals surface area contributed by atoms with E-state index in [4.69, 9.17) is 4.74 Å². The van der Waals surface area contributed by atoms with Crippen LogP contribution in [0.1, 0.15) is 12.6 Å². The number of amides is 2. The molecule has 0 bridgehead atoms. The summed E-state index contributed by atoms with van der Waals surface area (Å²) in [6.45, 7) is 3.05. The van der Waals surface area contributed by atoms with E-state index in [0.29, 0.717) is 5.69 Å². The van der Waals surface area contributed by atoms with Crippen molar-refractivity contribution >= 4 is 17.9 Å². The highest BCUT2D eigenvalue weighted by atomic mass is 16.6. The molecule has 0 aliphatic heterocycles. The third kappa shape index (κ3) is 4.06. The van der Waals surface area contributed by atoms with E-state index in [2.05, 4.69) is 15.3 Å². The van der Waals surface area contributed by atoms with Gasteiger partial charge in [-0.25, -0.2) is 9.78 Å². The Kier molecular flexibility index (Phi) is 3.97. The molecule has 0 fully saturated rings. The third-order valence-electron chi connectivity index (χ3n) is 1.68. The molecule has 0 unspecified atom stereocenters. The molecule has 0 aliphatic carbocycles. The minimum absolute atomic E-state index is 0.0972.